The van der Waals surface area contributed by atoms with E-state index < -0.39 is 45.9 Å². The highest BCUT2D eigenvalue weighted by molar-refractivity contribution is 7.92. The van der Waals surface area contributed by atoms with E-state index in [0.717, 1.165) is 28.6 Å². The minimum atomic E-state index is -3.93. The second-order valence-electron chi connectivity index (χ2n) is 7.79. The number of nitro benzene ring substituents is 1. The summed E-state index contributed by atoms with van der Waals surface area (Å²) >= 11 is 0. The lowest BCUT2D eigenvalue weighted by molar-refractivity contribution is -0.384. The molecule has 0 saturated carbocycles. The van der Waals surface area contributed by atoms with Crippen LogP contribution in [-0.2, 0) is 24.3 Å². The lowest BCUT2D eigenvalue weighted by atomic mass is 10.2. The third kappa shape index (κ3) is 7.64. The minimum Gasteiger partial charge on any atom is -0.494 e. The molecule has 0 aliphatic rings. The summed E-state index contributed by atoms with van der Waals surface area (Å²) in [6, 6.07) is 14.1. The molecule has 14 heteroatoms. The molecule has 3 rings (SSSR count). The number of benzene rings is 3. The summed E-state index contributed by atoms with van der Waals surface area (Å²) in [6.45, 7) is 0.760. The van der Waals surface area contributed by atoms with Gasteiger partial charge in [-0.2, -0.15) is 0 Å². The van der Waals surface area contributed by atoms with Gasteiger partial charge in [-0.15, -0.1) is 0 Å². The van der Waals surface area contributed by atoms with Gasteiger partial charge in [-0.3, -0.25) is 19.2 Å². The fraction of sp³-hybridized carbons (Fsp3) is 0.200. The quantitative estimate of drug-likeness (QED) is 0.199. The van der Waals surface area contributed by atoms with Crippen LogP contribution in [-0.4, -0.2) is 52.1 Å². The summed E-state index contributed by atoms with van der Waals surface area (Å²) in [4.78, 5) is 34.6. The van der Waals surface area contributed by atoms with Crippen LogP contribution >= 0.6 is 0 Å². The van der Waals surface area contributed by atoms with Crippen LogP contribution < -0.4 is 19.1 Å². The molecule has 0 unspecified atom stereocenters. The van der Waals surface area contributed by atoms with E-state index in [2.05, 4.69) is 5.32 Å². The normalized spacial score (nSPS) is 10.8. The zero-order valence-electron chi connectivity index (χ0n) is 20.8. The van der Waals surface area contributed by atoms with Crippen LogP contribution in [0.1, 0.15) is 6.92 Å². The third-order valence-corrected chi connectivity index (χ3v) is 6.94. The number of ether oxygens (including phenoxy) is 3. The molecule has 3 aromatic rings. The smallest absolute Gasteiger partial charge is 0.344 e. The summed E-state index contributed by atoms with van der Waals surface area (Å²) in [6.07, 6.45) is 0. The first-order valence-electron chi connectivity index (χ1n) is 11.4. The van der Waals surface area contributed by atoms with Crippen LogP contribution in [0.15, 0.2) is 71.6 Å². The highest BCUT2D eigenvalue weighted by atomic mass is 32.2. The molecule has 0 saturated heterocycles. The summed E-state index contributed by atoms with van der Waals surface area (Å²) in [5.74, 6) is -1.76. The number of halogens is 1. The topological polar surface area (TPSA) is 154 Å². The van der Waals surface area contributed by atoms with E-state index in [1.807, 2.05) is 0 Å². The fourth-order valence-corrected chi connectivity index (χ4v) is 4.39. The fourth-order valence-electron chi connectivity index (χ4n) is 3.20. The zero-order valence-corrected chi connectivity index (χ0v) is 21.6. The lowest BCUT2D eigenvalue weighted by Crippen LogP contribution is -2.26. The van der Waals surface area contributed by atoms with Crippen LogP contribution in [0.4, 0.5) is 21.5 Å². The maximum absolute atomic E-state index is 13.1. The molecule has 0 aliphatic heterocycles. The number of carbonyl (C=O) groups is 2. The second-order valence-corrected chi connectivity index (χ2v) is 9.76. The third-order valence-electron chi connectivity index (χ3n) is 5.14. The van der Waals surface area contributed by atoms with Crippen molar-refractivity contribution in [3.05, 3.63) is 82.7 Å². The maximum atomic E-state index is 13.1. The number of hydrogen-bond acceptors (Lipinski definition) is 9. The predicted octanol–water partition coefficient (Wildman–Crippen LogP) is 3.52. The molecule has 0 heterocycles. The number of carbonyl (C=O) groups excluding carboxylic acids is 2. The first-order valence-corrected chi connectivity index (χ1v) is 12.8. The van der Waals surface area contributed by atoms with Crippen molar-refractivity contribution in [2.24, 2.45) is 0 Å². The van der Waals surface area contributed by atoms with Crippen molar-refractivity contribution in [1.29, 1.82) is 0 Å². The molecule has 0 aromatic heterocycles. The van der Waals surface area contributed by atoms with Crippen molar-refractivity contribution < 1.29 is 41.5 Å². The molecule has 1 N–H and O–H groups in total. The van der Waals surface area contributed by atoms with Crippen LogP contribution in [0, 0.1) is 15.9 Å². The molecule has 206 valence electrons. The molecule has 0 atom stereocenters. The van der Waals surface area contributed by atoms with Crippen molar-refractivity contribution in [3.63, 3.8) is 0 Å². The number of amides is 1. The maximum Gasteiger partial charge on any atom is 0.344 e. The number of rotatable bonds is 12. The van der Waals surface area contributed by atoms with Gasteiger partial charge in [0.05, 0.1) is 28.2 Å². The Kier molecular flexibility index (Phi) is 9.38. The summed E-state index contributed by atoms with van der Waals surface area (Å²) in [5.41, 5.74) is -0.190. The summed E-state index contributed by atoms with van der Waals surface area (Å²) in [7, 11) is -2.60. The number of esters is 1. The van der Waals surface area contributed by atoms with Crippen LogP contribution in [0.2, 0.25) is 0 Å². The number of anilines is 2. The molecule has 12 nitrogen and oxygen atoms in total. The first-order chi connectivity index (χ1) is 18.5. The molecule has 0 spiro atoms. The van der Waals surface area contributed by atoms with E-state index in [1.54, 1.807) is 6.92 Å². The van der Waals surface area contributed by atoms with E-state index in [-0.39, 0.29) is 33.5 Å². The Hall–Kier alpha value is -4.72. The van der Waals surface area contributed by atoms with Gasteiger partial charge in [-0.25, -0.2) is 17.6 Å². The number of nitro groups is 1. The van der Waals surface area contributed by atoms with Gasteiger partial charge in [-0.1, -0.05) is 0 Å². The van der Waals surface area contributed by atoms with Crippen molar-refractivity contribution in [2.75, 3.05) is 36.5 Å². The van der Waals surface area contributed by atoms with Gasteiger partial charge < -0.3 is 19.5 Å². The number of hydrogen-bond donors (Lipinski definition) is 1. The monoisotopic (exact) mass is 561 g/mol. The van der Waals surface area contributed by atoms with E-state index in [4.69, 9.17) is 14.2 Å². The minimum absolute atomic E-state index is 0.0874. The summed E-state index contributed by atoms with van der Waals surface area (Å²) in [5, 5.41) is 13.6. The number of sulfonamides is 1. The lowest BCUT2D eigenvalue weighted by Gasteiger charge is -2.19. The zero-order chi connectivity index (χ0) is 28.6. The van der Waals surface area contributed by atoms with Gasteiger partial charge in [0.25, 0.3) is 21.6 Å². The Bertz CT molecular complexity index is 1450. The SMILES string of the molecule is CCOc1ccc(NC(=O)COC(=O)COc2ccc(N(C)S(=O)(=O)c3ccc(F)cc3)cc2)c([N+](=O)[O-])c1. The van der Waals surface area contributed by atoms with Crippen LogP contribution in [0.25, 0.3) is 0 Å². The Morgan fingerprint density at radius 1 is 0.974 bits per heavy atom. The van der Waals surface area contributed by atoms with Gasteiger partial charge in [0.15, 0.2) is 13.2 Å². The van der Waals surface area contributed by atoms with Gasteiger partial charge >= 0.3 is 5.97 Å². The van der Waals surface area contributed by atoms with E-state index >= 15 is 0 Å². The highest BCUT2D eigenvalue weighted by Gasteiger charge is 2.22. The number of nitrogens with zero attached hydrogens (tertiary/aromatic N) is 2. The van der Waals surface area contributed by atoms with E-state index in [9.17, 15) is 32.5 Å². The summed E-state index contributed by atoms with van der Waals surface area (Å²) < 4.78 is 54.9. The van der Waals surface area contributed by atoms with Gasteiger partial charge in [0.1, 0.15) is 23.0 Å². The molecule has 0 radical (unpaired) electrons. The van der Waals surface area contributed by atoms with Gasteiger partial charge in [-0.05, 0) is 67.6 Å². The first kappa shape index (κ1) is 28.8. The molecule has 3 aromatic carbocycles. The van der Waals surface area contributed by atoms with E-state index in [0.29, 0.717) is 6.61 Å². The van der Waals surface area contributed by atoms with Gasteiger partial charge in [0.2, 0.25) is 0 Å². The van der Waals surface area contributed by atoms with Crippen molar-refractivity contribution in [2.45, 2.75) is 11.8 Å². The molecule has 0 aliphatic carbocycles. The van der Waals surface area contributed by atoms with E-state index in [1.165, 1.54) is 49.5 Å². The highest BCUT2D eigenvalue weighted by Crippen LogP contribution is 2.29. The molecule has 1 amide bonds. The average molecular weight is 562 g/mol. The van der Waals surface area contributed by atoms with Crippen molar-refractivity contribution in [1.82, 2.24) is 0 Å². The Morgan fingerprint density at radius 2 is 1.62 bits per heavy atom. The predicted molar refractivity (Wildman–Crippen MR) is 138 cm³/mol. The largest absolute Gasteiger partial charge is 0.494 e. The standard InChI is InChI=1S/C25H24FN3O9S/c1-3-36-20-10-13-22(23(14-20)29(32)33)27-24(30)15-38-25(31)16-37-19-8-6-18(7-9-19)28(2)39(34,35)21-11-4-17(26)5-12-21/h4-14H,3,15-16H2,1-2H3,(H,27,30). The Morgan fingerprint density at radius 3 is 2.23 bits per heavy atom. The second kappa shape index (κ2) is 12.7. The van der Waals surface area contributed by atoms with Crippen LogP contribution in [0.3, 0.4) is 0 Å². The van der Waals surface area contributed by atoms with Gasteiger partial charge in [0, 0.05) is 7.05 Å². The molecular weight excluding hydrogens is 537 g/mol. The average Bonchev–Trinajstić information content (AvgIpc) is 2.91. The van der Waals surface area contributed by atoms with Crippen molar-refractivity contribution in [3.8, 4) is 11.5 Å². The molecular formula is C25H24FN3O9S. The Balaban J connectivity index is 1.50. The van der Waals surface area contributed by atoms with Crippen LogP contribution in [0.5, 0.6) is 11.5 Å². The van der Waals surface area contributed by atoms with Crippen molar-refractivity contribution >= 4 is 39.0 Å². The molecule has 0 bridgehead atoms. The number of nitrogens with one attached hydrogen (secondary N) is 1. The Labute approximate surface area is 223 Å². The molecule has 0 fully saturated rings. The molecule has 39 heavy (non-hydrogen) atoms.